The molecule has 0 N–H and O–H groups in total. The molecule has 0 saturated carbocycles. The van der Waals surface area contributed by atoms with Crippen molar-refractivity contribution in [1.29, 1.82) is 0 Å². The molecule has 0 aromatic heterocycles. The summed E-state index contributed by atoms with van der Waals surface area (Å²) in [7, 11) is -7.73. The molecule has 2 unspecified atom stereocenters. The molecule has 2 atom stereocenters. The fraction of sp³-hybridized carbons (Fsp3) is 0.143. The maximum absolute atomic E-state index is 13.8. The number of sulfonamides is 1. The Kier molecular flexibility index (Phi) is 6.48. The van der Waals surface area contributed by atoms with Crippen LogP contribution in [0.1, 0.15) is 11.1 Å². The van der Waals surface area contributed by atoms with E-state index in [-0.39, 0.29) is 9.79 Å². The van der Waals surface area contributed by atoms with E-state index < -0.39 is 31.0 Å². The molecule has 3 rings (SSSR count). The molecule has 0 aliphatic rings. The third-order valence-corrected chi connectivity index (χ3v) is 10.1. The Morgan fingerprint density at radius 3 is 1.72 bits per heavy atom. The van der Waals surface area contributed by atoms with Crippen LogP contribution >= 0.6 is 0 Å². The number of hydrogen-bond donors (Lipinski definition) is 0. The molecule has 0 saturated heterocycles. The molecule has 0 amide bonds. The standard InChI is InChI=1S/C21H22N2O3S3/c1-17-9-13-20(14-10-17)28(24,22-27(3)19-7-5-4-6-8-19)23-29(25,26)21-15-11-18(2)12-16-21/h4-16H,1-3H3. The van der Waals surface area contributed by atoms with Crippen LogP contribution in [-0.4, -0.2) is 18.9 Å². The van der Waals surface area contributed by atoms with Gasteiger partial charge in [-0.3, -0.25) is 4.21 Å². The van der Waals surface area contributed by atoms with E-state index in [1.54, 1.807) is 42.7 Å². The zero-order chi connectivity index (χ0) is 21.1. The van der Waals surface area contributed by atoms with Crippen molar-refractivity contribution < 1.29 is 12.6 Å². The largest absolute Gasteiger partial charge is 0.324 e. The Labute approximate surface area is 176 Å². The van der Waals surface area contributed by atoms with Crippen molar-refractivity contribution in [1.82, 2.24) is 0 Å². The molecule has 8 heteroatoms. The first kappa shape index (κ1) is 21.6. The summed E-state index contributed by atoms with van der Waals surface area (Å²) in [5, 5.41) is 0. The molecular formula is C21H22N2O3S3. The molecule has 29 heavy (non-hydrogen) atoms. The van der Waals surface area contributed by atoms with Crippen LogP contribution in [0.25, 0.3) is 4.13 Å². The van der Waals surface area contributed by atoms with Crippen LogP contribution in [0.5, 0.6) is 0 Å². The van der Waals surface area contributed by atoms with E-state index in [0.717, 1.165) is 16.0 Å². The van der Waals surface area contributed by atoms with Gasteiger partial charge in [0.2, 0.25) is 0 Å². The van der Waals surface area contributed by atoms with E-state index >= 15 is 0 Å². The van der Waals surface area contributed by atoms with Gasteiger partial charge in [0.05, 0.1) is 11.2 Å². The fourth-order valence-electron chi connectivity index (χ4n) is 2.51. The van der Waals surface area contributed by atoms with Gasteiger partial charge in [-0.1, -0.05) is 53.6 Å². The Morgan fingerprint density at radius 1 is 0.724 bits per heavy atom. The second-order valence-corrected chi connectivity index (χ2v) is 12.0. The molecule has 0 bridgehead atoms. The van der Waals surface area contributed by atoms with Gasteiger partial charge in [-0.2, -0.15) is 8.42 Å². The predicted octanol–water partition coefficient (Wildman–Crippen LogP) is 5.03. The lowest BCUT2D eigenvalue weighted by Crippen LogP contribution is -2.10. The van der Waals surface area contributed by atoms with Crippen molar-refractivity contribution in [3.63, 3.8) is 0 Å². The van der Waals surface area contributed by atoms with Crippen molar-refractivity contribution in [3.05, 3.63) is 94.1 Å². The second-order valence-electron chi connectivity index (χ2n) is 6.54. The van der Waals surface area contributed by atoms with E-state index in [0.29, 0.717) is 0 Å². The summed E-state index contributed by atoms with van der Waals surface area (Å²) < 4.78 is 47.9. The topological polar surface area (TPSA) is 77.7 Å². The summed E-state index contributed by atoms with van der Waals surface area (Å²) in [6, 6.07) is 22.4. The molecule has 0 radical (unpaired) electrons. The Bertz CT molecular complexity index is 1200. The maximum Gasteiger partial charge on any atom is 0.289 e. The van der Waals surface area contributed by atoms with E-state index in [2.05, 4.69) is 7.90 Å². The molecule has 3 aromatic rings. The van der Waals surface area contributed by atoms with Gasteiger partial charge in [0.1, 0.15) is 4.90 Å². The average molecular weight is 447 g/mol. The zero-order valence-electron chi connectivity index (χ0n) is 16.3. The highest BCUT2D eigenvalue weighted by atomic mass is 32.3. The SMILES string of the molecule is Cc1ccc(S(=O)(=O)N=S(=O)([N-][S+](C)c2ccccc2)c2ccc(C)cc2)cc1. The van der Waals surface area contributed by atoms with Gasteiger partial charge in [0.25, 0.3) is 10.0 Å². The van der Waals surface area contributed by atoms with E-state index in [1.807, 2.05) is 44.2 Å². The van der Waals surface area contributed by atoms with Crippen LogP contribution in [0.4, 0.5) is 0 Å². The molecule has 152 valence electrons. The summed E-state index contributed by atoms with van der Waals surface area (Å²) in [6.45, 7) is 3.76. The zero-order valence-corrected chi connectivity index (χ0v) is 18.8. The van der Waals surface area contributed by atoms with Crippen molar-refractivity contribution in [2.75, 3.05) is 6.26 Å². The number of hydrogen-bond acceptors (Lipinski definition) is 3. The Morgan fingerprint density at radius 2 is 1.21 bits per heavy atom. The Balaban J connectivity index is 2.12. The van der Waals surface area contributed by atoms with Crippen LogP contribution in [0.2, 0.25) is 0 Å². The fourth-order valence-corrected chi connectivity index (χ4v) is 8.04. The second kappa shape index (κ2) is 8.71. The highest BCUT2D eigenvalue weighted by Crippen LogP contribution is 2.30. The normalized spacial score (nSPS) is 14.7. The third-order valence-electron chi connectivity index (χ3n) is 4.14. The first-order chi connectivity index (χ1) is 13.7. The van der Waals surface area contributed by atoms with Crippen LogP contribution in [0, 0.1) is 13.8 Å². The van der Waals surface area contributed by atoms with Crippen LogP contribution < -0.4 is 0 Å². The lowest BCUT2D eigenvalue weighted by atomic mass is 10.2. The van der Waals surface area contributed by atoms with E-state index in [1.165, 1.54) is 12.1 Å². The highest BCUT2D eigenvalue weighted by molar-refractivity contribution is 8.17. The van der Waals surface area contributed by atoms with Gasteiger partial charge in [-0.05, 0) is 61.3 Å². The highest BCUT2D eigenvalue weighted by Gasteiger charge is 2.20. The smallest absolute Gasteiger partial charge is 0.289 e. The molecule has 5 nitrogen and oxygen atoms in total. The monoisotopic (exact) mass is 446 g/mol. The first-order valence-corrected chi connectivity index (χ1v) is 13.3. The molecule has 3 aromatic carbocycles. The van der Waals surface area contributed by atoms with Gasteiger partial charge in [-0.15, -0.1) is 3.77 Å². The van der Waals surface area contributed by atoms with Gasteiger partial charge >= 0.3 is 0 Å². The number of aryl methyl sites for hydroxylation is 2. The number of nitrogens with zero attached hydrogens (tertiary/aromatic N) is 2. The summed E-state index contributed by atoms with van der Waals surface area (Å²) >= 11 is -0.812. The van der Waals surface area contributed by atoms with Crippen LogP contribution in [-0.2, 0) is 31.0 Å². The minimum Gasteiger partial charge on any atom is -0.324 e. The van der Waals surface area contributed by atoms with Crippen LogP contribution in [0.3, 0.4) is 0 Å². The van der Waals surface area contributed by atoms with Crippen molar-refractivity contribution >= 4 is 31.0 Å². The maximum atomic E-state index is 13.8. The minimum atomic E-state index is -4.16. The van der Waals surface area contributed by atoms with Crippen molar-refractivity contribution in [2.45, 2.75) is 28.5 Å². The summed E-state index contributed by atoms with van der Waals surface area (Å²) in [4.78, 5) is 1.12. The third kappa shape index (κ3) is 5.27. The van der Waals surface area contributed by atoms with Crippen molar-refractivity contribution in [2.24, 2.45) is 3.77 Å². The van der Waals surface area contributed by atoms with Gasteiger partial charge in [0, 0.05) is 14.8 Å². The molecule has 0 aliphatic heterocycles. The predicted molar refractivity (Wildman–Crippen MR) is 120 cm³/mol. The molecule has 0 spiro atoms. The van der Waals surface area contributed by atoms with Gasteiger partial charge in [-0.25, -0.2) is 0 Å². The van der Waals surface area contributed by atoms with Crippen LogP contribution in [0.15, 0.2) is 97.3 Å². The summed E-state index contributed by atoms with van der Waals surface area (Å²) in [6.07, 6.45) is 1.80. The van der Waals surface area contributed by atoms with Crippen molar-refractivity contribution in [3.8, 4) is 0 Å². The minimum absolute atomic E-state index is 0.00571. The first-order valence-electron chi connectivity index (χ1n) is 8.80. The lowest BCUT2D eigenvalue weighted by Gasteiger charge is -2.23. The van der Waals surface area contributed by atoms with Gasteiger partial charge in [0.15, 0.2) is 0 Å². The molecule has 0 aliphatic carbocycles. The summed E-state index contributed by atoms with van der Waals surface area (Å²) in [5.41, 5.74) is 1.89. The van der Waals surface area contributed by atoms with Gasteiger partial charge < -0.3 is 4.13 Å². The lowest BCUT2D eigenvalue weighted by molar-refractivity contribution is 0.598. The Hall–Kier alpha value is -2.13. The number of benzene rings is 3. The quantitative estimate of drug-likeness (QED) is 0.498. The molecule has 0 fully saturated rings. The van der Waals surface area contributed by atoms with E-state index in [4.69, 9.17) is 0 Å². The molecular weight excluding hydrogens is 424 g/mol. The summed E-state index contributed by atoms with van der Waals surface area (Å²) in [5.74, 6) is 0. The van der Waals surface area contributed by atoms with E-state index in [9.17, 15) is 12.6 Å². The average Bonchev–Trinajstić information content (AvgIpc) is 2.69. The molecule has 0 heterocycles. The number of rotatable bonds is 6.